The summed E-state index contributed by atoms with van der Waals surface area (Å²) in [6.45, 7) is 1.79. The standard InChI is InChI=1S/C6H11NO4.C4H9NO2/c7-4(3-6(10)11)1-2-5(8)9;1-3(2-5)4(6)7/h4H,1-3,7H2,(H,8,9)(H,10,11);3H,2,5H2,1H3,(H,6,7). The van der Waals surface area contributed by atoms with Crippen molar-refractivity contribution < 1.29 is 29.7 Å². The van der Waals surface area contributed by atoms with Crippen molar-refractivity contribution in [1.29, 1.82) is 0 Å². The van der Waals surface area contributed by atoms with Crippen LogP contribution in [0.4, 0.5) is 0 Å². The molecule has 0 radical (unpaired) electrons. The molecule has 0 bridgehead atoms. The topological polar surface area (TPSA) is 164 Å². The van der Waals surface area contributed by atoms with Crippen LogP contribution in [0.15, 0.2) is 0 Å². The van der Waals surface area contributed by atoms with Crippen molar-refractivity contribution in [1.82, 2.24) is 0 Å². The van der Waals surface area contributed by atoms with Crippen molar-refractivity contribution >= 4 is 17.9 Å². The van der Waals surface area contributed by atoms with E-state index in [0.717, 1.165) is 0 Å². The van der Waals surface area contributed by atoms with Gasteiger partial charge >= 0.3 is 17.9 Å². The van der Waals surface area contributed by atoms with Gasteiger partial charge in [0, 0.05) is 19.0 Å². The number of hydrogen-bond donors (Lipinski definition) is 5. The maximum atomic E-state index is 10.0. The summed E-state index contributed by atoms with van der Waals surface area (Å²) in [5.41, 5.74) is 10.3. The van der Waals surface area contributed by atoms with Gasteiger partial charge in [-0.2, -0.15) is 0 Å². The van der Waals surface area contributed by atoms with Gasteiger partial charge in [0.2, 0.25) is 0 Å². The van der Waals surface area contributed by atoms with Gasteiger partial charge < -0.3 is 26.8 Å². The average Bonchev–Trinajstić information content (AvgIpc) is 2.25. The van der Waals surface area contributed by atoms with Gasteiger partial charge in [0.05, 0.1) is 12.3 Å². The quantitative estimate of drug-likeness (QED) is 0.403. The summed E-state index contributed by atoms with van der Waals surface area (Å²) in [5, 5.41) is 24.5. The maximum absolute atomic E-state index is 10.0. The fourth-order valence-corrected chi connectivity index (χ4v) is 0.736. The molecule has 0 rings (SSSR count). The fraction of sp³-hybridized carbons (Fsp3) is 0.700. The smallest absolute Gasteiger partial charge is 0.307 e. The van der Waals surface area contributed by atoms with Crippen molar-refractivity contribution in [3.05, 3.63) is 0 Å². The minimum absolute atomic E-state index is 0.0750. The van der Waals surface area contributed by atoms with E-state index in [1.54, 1.807) is 6.92 Å². The first-order valence-electron chi connectivity index (χ1n) is 5.32. The van der Waals surface area contributed by atoms with Gasteiger partial charge in [-0.1, -0.05) is 6.92 Å². The third kappa shape index (κ3) is 14.3. The van der Waals surface area contributed by atoms with Crippen LogP contribution in [0.25, 0.3) is 0 Å². The predicted octanol–water partition coefficient (Wildman–Crippen LogP) is -0.681. The Hall–Kier alpha value is -1.67. The summed E-state index contributed by atoms with van der Waals surface area (Å²) < 4.78 is 0. The molecular formula is C10H20N2O6. The summed E-state index contributed by atoms with van der Waals surface area (Å²) >= 11 is 0. The summed E-state index contributed by atoms with van der Waals surface area (Å²) in [6.07, 6.45) is -0.0383. The summed E-state index contributed by atoms with van der Waals surface area (Å²) in [5.74, 6) is -3.18. The molecule has 0 aliphatic heterocycles. The summed E-state index contributed by atoms with van der Waals surface area (Å²) in [6, 6.07) is -0.552. The van der Waals surface area contributed by atoms with Crippen molar-refractivity contribution in [3.8, 4) is 0 Å². The minimum Gasteiger partial charge on any atom is -0.481 e. The molecule has 8 nitrogen and oxygen atoms in total. The molecule has 0 saturated heterocycles. The highest BCUT2D eigenvalue weighted by Crippen LogP contribution is 1.98. The third-order valence-electron chi connectivity index (χ3n) is 1.94. The number of carboxylic acid groups (broad SMARTS) is 3. The Bertz CT molecular complexity index is 282. The lowest BCUT2D eigenvalue weighted by molar-refractivity contribution is -0.141. The Morgan fingerprint density at radius 2 is 1.61 bits per heavy atom. The van der Waals surface area contributed by atoms with E-state index in [-0.39, 0.29) is 25.8 Å². The molecule has 2 atom stereocenters. The van der Waals surface area contributed by atoms with Crippen molar-refractivity contribution in [3.63, 3.8) is 0 Å². The van der Waals surface area contributed by atoms with Gasteiger partial charge in [-0.15, -0.1) is 0 Å². The molecule has 0 aromatic rings. The van der Waals surface area contributed by atoms with Gasteiger partial charge in [-0.3, -0.25) is 14.4 Å². The molecule has 0 fully saturated rings. The Kier molecular flexibility index (Phi) is 10.9. The van der Waals surface area contributed by atoms with Crippen molar-refractivity contribution in [2.45, 2.75) is 32.2 Å². The van der Waals surface area contributed by atoms with E-state index >= 15 is 0 Å². The third-order valence-corrected chi connectivity index (χ3v) is 1.94. The number of carbonyl (C=O) groups is 3. The molecule has 0 spiro atoms. The number of rotatable bonds is 7. The number of aliphatic carboxylic acids is 3. The molecule has 8 heteroatoms. The average molecular weight is 264 g/mol. The van der Waals surface area contributed by atoms with Crippen LogP contribution >= 0.6 is 0 Å². The van der Waals surface area contributed by atoms with Crippen molar-refractivity contribution in [2.75, 3.05) is 6.54 Å². The summed E-state index contributed by atoms with van der Waals surface area (Å²) in [7, 11) is 0. The van der Waals surface area contributed by atoms with Gasteiger partial charge in [0.15, 0.2) is 0 Å². The highest BCUT2D eigenvalue weighted by Gasteiger charge is 2.09. The van der Waals surface area contributed by atoms with Gasteiger partial charge in [0.1, 0.15) is 0 Å². The fourth-order valence-electron chi connectivity index (χ4n) is 0.736. The van der Waals surface area contributed by atoms with Crippen LogP contribution < -0.4 is 11.5 Å². The van der Waals surface area contributed by atoms with Gasteiger partial charge in [-0.25, -0.2) is 0 Å². The highest BCUT2D eigenvalue weighted by atomic mass is 16.4. The van der Waals surface area contributed by atoms with Crippen LogP contribution in [0.3, 0.4) is 0 Å². The zero-order valence-corrected chi connectivity index (χ0v) is 10.2. The van der Waals surface area contributed by atoms with Crippen molar-refractivity contribution in [2.24, 2.45) is 17.4 Å². The Morgan fingerprint density at radius 3 is 1.83 bits per heavy atom. The first kappa shape index (κ1) is 18.7. The van der Waals surface area contributed by atoms with E-state index in [2.05, 4.69) is 0 Å². The van der Waals surface area contributed by atoms with E-state index < -0.39 is 29.9 Å². The van der Waals surface area contributed by atoms with Crippen LogP contribution in [-0.2, 0) is 14.4 Å². The van der Waals surface area contributed by atoms with E-state index in [9.17, 15) is 14.4 Å². The molecule has 0 heterocycles. The second-order valence-corrected chi connectivity index (χ2v) is 3.77. The minimum atomic E-state index is -0.997. The van der Waals surface area contributed by atoms with Crippen LogP contribution in [-0.4, -0.2) is 45.8 Å². The Morgan fingerprint density at radius 1 is 1.11 bits per heavy atom. The van der Waals surface area contributed by atoms with Crippen LogP contribution in [0.5, 0.6) is 0 Å². The zero-order valence-electron chi connectivity index (χ0n) is 10.2. The largest absolute Gasteiger partial charge is 0.481 e. The van der Waals surface area contributed by atoms with E-state index in [1.807, 2.05) is 0 Å². The van der Waals surface area contributed by atoms with E-state index in [1.165, 1.54) is 0 Å². The molecular weight excluding hydrogens is 244 g/mol. The second-order valence-electron chi connectivity index (χ2n) is 3.77. The lowest BCUT2D eigenvalue weighted by Gasteiger charge is -2.04. The molecule has 0 saturated carbocycles. The first-order valence-corrected chi connectivity index (χ1v) is 5.32. The predicted molar refractivity (Wildman–Crippen MR) is 63.0 cm³/mol. The molecule has 2 unspecified atom stereocenters. The first-order chi connectivity index (χ1) is 8.20. The monoisotopic (exact) mass is 264 g/mol. The second kappa shape index (κ2) is 10.5. The SMILES string of the molecule is CC(CN)C(=O)O.NC(CCC(=O)O)CC(=O)O. The van der Waals surface area contributed by atoms with Crippen LogP contribution in [0.1, 0.15) is 26.2 Å². The lowest BCUT2D eigenvalue weighted by Crippen LogP contribution is -2.24. The van der Waals surface area contributed by atoms with Crippen LogP contribution in [0.2, 0.25) is 0 Å². The molecule has 0 aromatic heterocycles. The molecule has 0 amide bonds. The number of hydrogen-bond acceptors (Lipinski definition) is 5. The van der Waals surface area contributed by atoms with Gasteiger partial charge in [-0.05, 0) is 6.42 Å². The summed E-state index contributed by atoms with van der Waals surface area (Å²) in [4.78, 5) is 29.9. The Labute approximate surface area is 105 Å². The molecule has 106 valence electrons. The zero-order chi connectivity index (χ0) is 14.7. The number of nitrogens with two attached hydrogens (primary N) is 2. The van der Waals surface area contributed by atoms with E-state index in [0.29, 0.717) is 0 Å². The lowest BCUT2D eigenvalue weighted by atomic mass is 10.1. The van der Waals surface area contributed by atoms with E-state index in [4.69, 9.17) is 26.8 Å². The Balaban J connectivity index is 0. The molecule has 0 aliphatic rings. The molecule has 18 heavy (non-hydrogen) atoms. The highest BCUT2D eigenvalue weighted by molar-refractivity contribution is 5.69. The number of carboxylic acids is 3. The molecule has 0 aromatic carbocycles. The normalized spacial score (nSPS) is 12.8. The van der Waals surface area contributed by atoms with Crippen LogP contribution in [0, 0.1) is 5.92 Å². The molecule has 0 aliphatic carbocycles. The van der Waals surface area contributed by atoms with Gasteiger partial charge in [0.25, 0.3) is 0 Å². The maximum Gasteiger partial charge on any atom is 0.307 e. The molecule has 7 N–H and O–H groups in total.